The molecule has 0 amide bonds. The van der Waals surface area contributed by atoms with E-state index in [4.69, 9.17) is 4.74 Å². The number of aliphatic hydroxyl groups is 1. The van der Waals surface area contributed by atoms with Crippen LogP contribution in [0.2, 0.25) is 0 Å². The smallest absolute Gasteiger partial charge is 0.125 e. The second-order valence-electron chi connectivity index (χ2n) is 4.11. The predicted octanol–water partition coefficient (Wildman–Crippen LogP) is 2.87. The molecule has 1 aromatic heterocycles. The van der Waals surface area contributed by atoms with Gasteiger partial charge in [0.2, 0.25) is 0 Å². The molecule has 1 N–H and O–H groups in total. The monoisotopic (exact) mass is 243 g/mol. The molecule has 94 valence electrons. The zero-order valence-corrected chi connectivity index (χ0v) is 10.6. The van der Waals surface area contributed by atoms with Gasteiger partial charge in [0.25, 0.3) is 0 Å². The third-order valence-corrected chi connectivity index (χ3v) is 2.89. The minimum absolute atomic E-state index is 0.579. The van der Waals surface area contributed by atoms with Gasteiger partial charge in [-0.25, -0.2) is 0 Å². The Labute approximate surface area is 107 Å². The molecule has 0 saturated heterocycles. The fourth-order valence-corrected chi connectivity index (χ4v) is 1.92. The number of aliphatic hydroxyl groups excluding tert-OH is 1. The summed E-state index contributed by atoms with van der Waals surface area (Å²) < 4.78 is 5.54. The zero-order chi connectivity index (χ0) is 13.0. The van der Waals surface area contributed by atoms with Crippen LogP contribution in [-0.2, 0) is 0 Å². The molecule has 2 aromatic rings. The van der Waals surface area contributed by atoms with Crippen LogP contribution in [-0.4, -0.2) is 16.7 Å². The van der Waals surface area contributed by atoms with Crippen molar-refractivity contribution in [1.29, 1.82) is 0 Å². The first kappa shape index (κ1) is 12.6. The lowest BCUT2D eigenvalue weighted by Crippen LogP contribution is -2.05. The lowest BCUT2D eigenvalue weighted by atomic mass is 9.99. The van der Waals surface area contributed by atoms with E-state index < -0.39 is 6.10 Å². The Bertz CT molecular complexity index is 525. The number of rotatable bonds is 4. The predicted molar refractivity (Wildman–Crippen MR) is 70.6 cm³/mol. The van der Waals surface area contributed by atoms with E-state index in [1.165, 1.54) is 0 Å². The summed E-state index contributed by atoms with van der Waals surface area (Å²) in [6, 6.07) is 9.43. The van der Waals surface area contributed by atoms with Crippen LogP contribution in [0.4, 0.5) is 0 Å². The summed E-state index contributed by atoms with van der Waals surface area (Å²) in [6.45, 7) is 4.47. The SMILES string of the molecule is CCOc1ccccc1C(O)c1cnccc1C. The minimum atomic E-state index is -0.707. The first-order chi connectivity index (χ1) is 8.74. The standard InChI is InChI=1S/C15H17NO2/c1-3-18-14-7-5-4-6-12(14)15(17)13-10-16-9-8-11(13)2/h4-10,15,17H,3H2,1-2H3. The molecule has 18 heavy (non-hydrogen) atoms. The van der Waals surface area contributed by atoms with E-state index in [0.717, 1.165) is 22.4 Å². The number of nitrogens with zero attached hydrogens (tertiary/aromatic N) is 1. The quantitative estimate of drug-likeness (QED) is 0.897. The van der Waals surface area contributed by atoms with Gasteiger partial charge in [-0.1, -0.05) is 18.2 Å². The maximum absolute atomic E-state index is 10.5. The van der Waals surface area contributed by atoms with Gasteiger partial charge in [-0.05, 0) is 31.5 Å². The van der Waals surface area contributed by atoms with Crippen LogP contribution in [0.25, 0.3) is 0 Å². The number of aryl methyl sites for hydroxylation is 1. The van der Waals surface area contributed by atoms with Crippen LogP contribution >= 0.6 is 0 Å². The van der Waals surface area contributed by atoms with Crippen molar-refractivity contribution in [3.63, 3.8) is 0 Å². The normalized spacial score (nSPS) is 12.2. The Balaban J connectivity index is 2.40. The maximum Gasteiger partial charge on any atom is 0.125 e. The van der Waals surface area contributed by atoms with Crippen molar-refractivity contribution in [3.8, 4) is 5.75 Å². The summed E-state index contributed by atoms with van der Waals surface area (Å²) in [7, 11) is 0. The van der Waals surface area contributed by atoms with Crippen LogP contribution < -0.4 is 4.74 Å². The van der Waals surface area contributed by atoms with Gasteiger partial charge in [-0.2, -0.15) is 0 Å². The first-order valence-electron chi connectivity index (χ1n) is 6.04. The Hall–Kier alpha value is -1.87. The van der Waals surface area contributed by atoms with E-state index in [9.17, 15) is 5.11 Å². The first-order valence-corrected chi connectivity index (χ1v) is 6.04. The number of para-hydroxylation sites is 1. The van der Waals surface area contributed by atoms with Crippen LogP contribution in [0.5, 0.6) is 5.75 Å². The molecule has 1 aromatic carbocycles. The van der Waals surface area contributed by atoms with E-state index in [0.29, 0.717) is 6.61 Å². The lowest BCUT2D eigenvalue weighted by Gasteiger charge is -2.17. The van der Waals surface area contributed by atoms with E-state index in [1.807, 2.05) is 44.2 Å². The Kier molecular flexibility index (Phi) is 3.95. The zero-order valence-electron chi connectivity index (χ0n) is 10.6. The van der Waals surface area contributed by atoms with E-state index >= 15 is 0 Å². The average Bonchev–Trinajstić information content (AvgIpc) is 2.40. The van der Waals surface area contributed by atoms with E-state index in [1.54, 1.807) is 12.4 Å². The summed E-state index contributed by atoms with van der Waals surface area (Å²) in [4.78, 5) is 4.07. The molecule has 1 unspecified atom stereocenters. The number of hydrogen-bond donors (Lipinski definition) is 1. The summed E-state index contributed by atoms with van der Waals surface area (Å²) in [5.74, 6) is 0.718. The van der Waals surface area contributed by atoms with Gasteiger partial charge in [0, 0.05) is 23.5 Å². The fourth-order valence-electron chi connectivity index (χ4n) is 1.92. The number of aromatic nitrogens is 1. The van der Waals surface area contributed by atoms with Gasteiger partial charge >= 0.3 is 0 Å². The molecular weight excluding hydrogens is 226 g/mol. The fraction of sp³-hybridized carbons (Fsp3) is 0.267. The number of benzene rings is 1. The minimum Gasteiger partial charge on any atom is -0.493 e. The Morgan fingerprint density at radius 1 is 1.22 bits per heavy atom. The molecule has 0 radical (unpaired) electrons. The van der Waals surface area contributed by atoms with E-state index in [-0.39, 0.29) is 0 Å². The van der Waals surface area contributed by atoms with Gasteiger partial charge in [0.1, 0.15) is 11.9 Å². The van der Waals surface area contributed by atoms with Crippen LogP contribution in [0.3, 0.4) is 0 Å². The molecule has 3 heteroatoms. The molecule has 0 saturated carbocycles. The molecular formula is C15H17NO2. The summed E-state index contributed by atoms with van der Waals surface area (Å²) in [5.41, 5.74) is 2.60. The molecule has 1 atom stereocenters. The van der Waals surface area contributed by atoms with Crippen molar-refractivity contribution in [3.05, 3.63) is 59.4 Å². The second kappa shape index (κ2) is 5.65. The molecule has 2 rings (SSSR count). The largest absolute Gasteiger partial charge is 0.493 e. The third-order valence-electron chi connectivity index (χ3n) is 2.89. The van der Waals surface area contributed by atoms with Crippen LogP contribution in [0.1, 0.15) is 29.7 Å². The highest BCUT2D eigenvalue weighted by Crippen LogP contribution is 2.30. The highest BCUT2D eigenvalue weighted by Gasteiger charge is 2.16. The van der Waals surface area contributed by atoms with Gasteiger partial charge in [-0.3, -0.25) is 4.98 Å². The van der Waals surface area contributed by atoms with Crippen molar-refractivity contribution in [2.24, 2.45) is 0 Å². The highest BCUT2D eigenvalue weighted by atomic mass is 16.5. The van der Waals surface area contributed by atoms with Gasteiger partial charge in [0.05, 0.1) is 6.61 Å². The second-order valence-corrected chi connectivity index (χ2v) is 4.11. The third kappa shape index (κ3) is 2.51. The molecule has 0 bridgehead atoms. The van der Waals surface area contributed by atoms with Gasteiger partial charge in [-0.15, -0.1) is 0 Å². The molecule has 0 fully saturated rings. The van der Waals surface area contributed by atoms with Crippen LogP contribution in [0, 0.1) is 6.92 Å². The van der Waals surface area contributed by atoms with Crippen molar-refractivity contribution >= 4 is 0 Å². The topological polar surface area (TPSA) is 42.4 Å². The molecule has 0 spiro atoms. The van der Waals surface area contributed by atoms with Gasteiger partial charge in [0.15, 0.2) is 0 Å². The molecule has 0 aliphatic rings. The molecule has 0 aliphatic heterocycles. The van der Waals surface area contributed by atoms with Crippen molar-refractivity contribution in [2.45, 2.75) is 20.0 Å². The number of hydrogen-bond acceptors (Lipinski definition) is 3. The summed E-state index contributed by atoms with van der Waals surface area (Å²) in [6.07, 6.45) is 2.71. The average molecular weight is 243 g/mol. The maximum atomic E-state index is 10.5. The molecule has 1 heterocycles. The summed E-state index contributed by atoms with van der Waals surface area (Å²) in [5, 5.41) is 10.5. The van der Waals surface area contributed by atoms with E-state index in [2.05, 4.69) is 4.98 Å². The van der Waals surface area contributed by atoms with Crippen LogP contribution in [0.15, 0.2) is 42.7 Å². The lowest BCUT2D eigenvalue weighted by molar-refractivity contribution is 0.211. The number of pyridine rings is 1. The summed E-state index contributed by atoms with van der Waals surface area (Å²) >= 11 is 0. The Morgan fingerprint density at radius 2 is 2.00 bits per heavy atom. The molecule has 0 aliphatic carbocycles. The number of ether oxygens (including phenoxy) is 1. The van der Waals surface area contributed by atoms with Crippen molar-refractivity contribution < 1.29 is 9.84 Å². The van der Waals surface area contributed by atoms with Crippen molar-refractivity contribution in [2.75, 3.05) is 6.61 Å². The molecule has 3 nitrogen and oxygen atoms in total. The Morgan fingerprint density at radius 3 is 2.72 bits per heavy atom. The van der Waals surface area contributed by atoms with Crippen molar-refractivity contribution in [1.82, 2.24) is 4.98 Å². The highest BCUT2D eigenvalue weighted by molar-refractivity contribution is 5.41. The van der Waals surface area contributed by atoms with Gasteiger partial charge < -0.3 is 9.84 Å².